The van der Waals surface area contributed by atoms with Crippen molar-refractivity contribution >= 4 is 11.7 Å². The predicted molar refractivity (Wildman–Crippen MR) is 96.2 cm³/mol. The number of carbonyl (C=O) groups is 1. The third kappa shape index (κ3) is 3.84. The second-order valence-corrected chi connectivity index (χ2v) is 6.24. The van der Waals surface area contributed by atoms with Gasteiger partial charge < -0.3 is 14.8 Å². The van der Waals surface area contributed by atoms with E-state index in [1.54, 1.807) is 6.20 Å². The van der Waals surface area contributed by atoms with Crippen LogP contribution in [0, 0.1) is 0 Å². The Morgan fingerprint density at radius 2 is 2.16 bits per heavy atom. The van der Waals surface area contributed by atoms with Crippen LogP contribution in [0.2, 0.25) is 0 Å². The standard InChI is InChI=1S/C19H23N3O3/c1-4-24-17-9-13(5-6-16(17)25-8-7-12(2)3)14-10-18(23)21-19-15(14)11-20-22-19/h5-7,9,11,14H,4,8,10H2,1-3H3,(H2,20,21,22,23). The van der Waals surface area contributed by atoms with Gasteiger partial charge in [0.25, 0.3) is 0 Å². The molecule has 2 heterocycles. The van der Waals surface area contributed by atoms with Gasteiger partial charge in [0.1, 0.15) is 12.4 Å². The molecule has 0 fully saturated rings. The van der Waals surface area contributed by atoms with E-state index >= 15 is 0 Å². The molecule has 0 aliphatic carbocycles. The zero-order valence-electron chi connectivity index (χ0n) is 14.8. The Balaban J connectivity index is 1.89. The lowest BCUT2D eigenvalue weighted by atomic mass is 9.87. The molecular weight excluding hydrogens is 318 g/mol. The van der Waals surface area contributed by atoms with E-state index in [9.17, 15) is 4.79 Å². The summed E-state index contributed by atoms with van der Waals surface area (Å²) in [5.74, 6) is 1.99. The molecule has 1 aromatic carbocycles. The van der Waals surface area contributed by atoms with Gasteiger partial charge in [-0.1, -0.05) is 11.6 Å². The van der Waals surface area contributed by atoms with Gasteiger partial charge in [-0.15, -0.1) is 0 Å². The fourth-order valence-corrected chi connectivity index (χ4v) is 2.87. The van der Waals surface area contributed by atoms with Crippen LogP contribution in [0.1, 0.15) is 44.2 Å². The molecule has 1 atom stereocenters. The maximum atomic E-state index is 12.0. The van der Waals surface area contributed by atoms with Gasteiger partial charge in [-0.25, -0.2) is 0 Å². The van der Waals surface area contributed by atoms with E-state index in [1.807, 2.05) is 45.0 Å². The molecule has 1 aliphatic rings. The summed E-state index contributed by atoms with van der Waals surface area (Å²) in [6.45, 7) is 7.05. The van der Waals surface area contributed by atoms with Crippen molar-refractivity contribution in [2.24, 2.45) is 0 Å². The van der Waals surface area contributed by atoms with Gasteiger partial charge in [-0.05, 0) is 44.5 Å². The van der Waals surface area contributed by atoms with Crippen LogP contribution < -0.4 is 14.8 Å². The molecule has 0 bridgehead atoms. The third-order valence-corrected chi connectivity index (χ3v) is 4.10. The number of H-pyrrole nitrogens is 1. The topological polar surface area (TPSA) is 76.2 Å². The number of carbonyl (C=O) groups excluding carboxylic acids is 1. The fourth-order valence-electron chi connectivity index (χ4n) is 2.87. The number of ether oxygens (including phenoxy) is 2. The van der Waals surface area contributed by atoms with Crippen LogP contribution in [0.15, 0.2) is 36.0 Å². The first-order valence-electron chi connectivity index (χ1n) is 8.44. The monoisotopic (exact) mass is 341 g/mol. The maximum absolute atomic E-state index is 12.0. The normalized spacial score (nSPS) is 16.0. The van der Waals surface area contributed by atoms with Crippen LogP contribution in [0.25, 0.3) is 0 Å². The number of anilines is 1. The number of amides is 1. The Morgan fingerprint density at radius 1 is 1.32 bits per heavy atom. The minimum atomic E-state index is -0.0476. The number of fused-ring (bicyclic) bond motifs is 1. The molecule has 132 valence electrons. The summed E-state index contributed by atoms with van der Waals surface area (Å²) in [5.41, 5.74) is 3.20. The van der Waals surface area contributed by atoms with Gasteiger partial charge in [-0.2, -0.15) is 5.10 Å². The highest BCUT2D eigenvalue weighted by Gasteiger charge is 2.28. The SMILES string of the molecule is CCOc1cc(C2CC(=O)Nc3[nH]ncc32)ccc1OCC=C(C)C. The zero-order valence-corrected chi connectivity index (χ0v) is 14.8. The highest BCUT2D eigenvalue weighted by molar-refractivity contribution is 5.94. The molecule has 2 N–H and O–H groups in total. The van der Waals surface area contributed by atoms with E-state index in [2.05, 4.69) is 15.5 Å². The minimum absolute atomic E-state index is 0.0244. The summed E-state index contributed by atoms with van der Waals surface area (Å²) in [5, 5.41) is 9.69. The van der Waals surface area contributed by atoms with Gasteiger partial charge in [0, 0.05) is 17.9 Å². The number of nitrogens with one attached hydrogen (secondary N) is 2. The fraction of sp³-hybridized carbons (Fsp3) is 0.368. The first-order chi connectivity index (χ1) is 12.1. The Labute approximate surface area is 147 Å². The van der Waals surface area contributed by atoms with E-state index in [4.69, 9.17) is 9.47 Å². The molecule has 3 rings (SSSR count). The second kappa shape index (κ2) is 7.42. The largest absolute Gasteiger partial charge is 0.490 e. The first-order valence-corrected chi connectivity index (χ1v) is 8.44. The van der Waals surface area contributed by atoms with Crippen molar-refractivity contribution in [3.05, 3.63) is 47.2 Å². The Kier molecular flexibility index (Phi) is 5.07. The number of rotatable bonds is 6. The summed E-state index contributed by atoms with van der Waals surface area (Å²) in [7, 11) is 0. The number of benzene rings is 1. The highest BCUT2D eigenvalue weighted by atomic mass is 16.5. The van der Waals surface area contributed by atoms with Crippen LogP contribution in [0.4, 0.5) is 5.82 Å². The minimum Gasteiger partial charge on any atom is -0.490 e. The van der Waals surface area contributed by atoms with Crippen molar-refractivity contribution in [1.29, 1.82) is 0 Å². The van der Waals surface area contributed by atoms with E-state index in [-0.39, 0.29) is 11.8 Å². The highest BCUT2D eigenvalue weighted by Crippen LogP contribution is 2.39. The van der Waals surface area contributed by atoms with Crippen LogP contribution in [-0.4, -0.2) is 29.3 Å². The number of hydrogen-bond donors (Lipinski definition) is 2. The summed E-state index contributed by atoms with van der Waals surface area (Å²) in [6, 6.07) is 5.85. The van der Waals surface area contributed by atoms with Crippen LogP contribution in [-0.2, 0) is 4.79 Å². The quantitative estimate of drug-likeness (QED) is 0.787. The molecule has 0 saturated heterocycles. The lowest BCUT2D eigenvalue weighted by Gasteiger charge is -2.23. The van der Waals surface area contributed by atoms with E-state index < -0.39 is 0 Å². The van der Waals surface area contributed by atoms with E-state index in [1.165, 1.54) is 5.57 Å². The molecule has 2 aromatic rings. The summed E-state index contributed by atoms with van der Waals surface area (Å²) in [4.78, 5) is 12.0. The van der Waals surface area contributed by atoms with Crippen molar-refractivity contribution in [3.63, 3.8) is 0 Å². The van der Waals surface area contributed by atoms with Gasteiger partial charge >= 0.3 is 0 Å². The number of hydrogen-bond acceptors (Lipinski definition) is 4. The number of nitrogens with zero attached hydrogens (tertiary/aromatic N) is 1. The van der Waals surface area contributed by atoms with Crippen molar-refractivity contribution in [3.8, 4) is 11.5 Å². The van der Waals surface area contributed by atoms with Crippen molar-refractivity contribution < 1.29 is 14.3 Å². The van der Waals surface area contributed by atoms with Crippen LogP contribution in [0.3, 0.4) is 0 Å². The molecule has 1 aliphatic heterocycles. The molecule has 0 spiro atoms. The molecule has 1 aromatic heterocycles. The number of aromatic nitrogens is 2. The summed E-state index contributed by atoms with van der Waals surface area (Å²) in [6.07, 6.45) is 4.17. The van der Waals surface area contributed by atoms with Gasteiger partial charge in [0.2, 0.25) is 5.91 Å². The molecule has 1 unspecified atom stereocenters. The smallest absolute Gasteiger partial charge is 0.226 e. The second-order valence-electron chi connectivity index (χ2n) is 6.24. The summed E-state index contributed by atoms with van der Waals surface area (Å²) >= 11 is 0. The Hall–Kier alpha value is -2.76. The molecule has 6 nitrogen and oxygen atoms in total. The lowest BCUT2D eigenvalue weighted by Crippen LogP contribution is -2.23. The van der Waals surface area contributed by atoms with Gasteiger partial charge in [0.15, 0.2) is 11.5 Å². The molecular formula is C19H23N3O3. The predicted octanol–water partition coefficient (Wildman–Crippen LogP) is 3.63. The first kappa shape index (κ1) is 17.1. The molecule has 6 heteroatoms. The lowest BCUT2D eigenvalue weighted by molar-refractivity contribution is -0.116. The van der Waals surface area contributed by atoms with Gasteiger partial charge in [-0.3, -0.25) is 9.89 Å². The van der Waals surface area contributed by atoms with Crippen molar-refractivity contribution in [2.45, 2.75) is 33.1 Å². The number of aromatic amines is 1. The van der Waals surface area contributed by atoms with E-state index in [0.29, 0.717) is 37.0 Å². The van der Waals surface area contributed by atoms with E-state index in [0.717, 1.165) is 11.1 Å². The average molecular weight is 341 g/mol. The van der Waals surface area contributed by atoms with Crippen LogP contribution in [0.5, 0.6) is 11.5 Å². The molecule has 25 heavy (non-hydrogen) atoms. The Morgan fingerprint density at radius 3 is 2.92 bits per heavy atom. The maximum Gasteiger partial charge on any atom is 0.226 e. The molecule has 0 saturated carbocycles. The van der Waals surface area contributed by atoms with Crippen LogP contribution >= 0.6 is 0 Å². The average Bonchev–Trinajstić information content (AvgIpc) is 3.03. The van der Waals surface area contributed by atoms with Gasteiger partial charge in [0.05, 0.1) is 12.8 Å². The summed E-state index contributed by atoms with van der Waals surface area (Å²) < 4.78 is 11.6. The molecule has 1 amide bonds. The Bertz CT molecular complexity index is 791. The number of allylic oxidation sites excluding steroid dienone is 1. The molecule has 0 radical (unpaired) electrons. The third-order valence-electron chi connectivity index (χ3n) is 4.10. The zero-order chi connectivity index (χ0) is 17.8. The van der Waals surface area contributed by atoms with Crippen molar-refractivity contribution in [1.82, 2.24) is 10.2 Å². The van der Waals surface area contributed by atoms with Crippen molar-refractivity contribution in [2.75, 3.05) is 18.5 Å².